The second kappa shape index (κ2) is 6.17. The molecule has 3 nitrogen and oxygen atoms in total. The summed E-state index contributed by atoms with van der Waals surface area (Å²) in [5.74, 6) is 1.01. The smallest absolute Gasteiger partial charge is 0.142 e. The van der Waals surface area contributed by atoms with Crippen LogP contribution in [-0.4, -0.2) is 41.3 Å². The highest BCUT2D eigenvalue weighted by molar-refractivity contribution is 8.00. The number of hydrogen-bond donors (Lipinski definition) is 0. The van der Waals surface area contributed by atoms with E-state index < -0.39 is 7.79 Å². The molecule has 2 fully saturated rings. The minimum absolute atomic E-state index is 0.453. The molecule has 3 rings (SSSR count). The number of hydrogen-bond acceptors (Lipinski definition) is 4. The van der Waals surface area contributed by atoms with Crippen LogP contribution in [0.4, 0.5) is 0 Å². The van der Waals surface area contributed by atoms with Crippen molar-refractivity contribution in [2.75, 3.05) is 19.8 Å². The van der Waals surface area contributed by atoms with E-state index >= 15 is 0 Å². The van der Waals surface area contributed by atoms with Gasteiger partial charge in [0.1, 0.15) is 13.1 Å². The lowest BCUT2D eigenvalue weighted by atomic mass is 9.91. The van der Waals surface area contributed by atoms with Gasteiger partial charge in [-0.1, -0.05) is 31.9 Å². The van der Waals surface area contributed by atoms with Gasteiger partial charge >= 0.3 is 0 Å². The standard InChI is InChI=1S/C16H25N2OPS/c1-4-21-16-12-8-7-11-15(16)20(19)17(2)13-9-5-6-10-14(13)18(20)3/h7-8,11-14H,4-6,9-10H2,1-3H3/t13-,14-/m1/s1. The fourth-order valence-corrected chi connectivity index (χ4v) is 8.27. The molecule has 1 heterocycles. The molecule has 0 spiro atoms. The van der Waals surface area contributed by atoms with Crippen molar-refractivity contribution in [1.29, 1.82) is 0 Å². The van der Waals surface area contributed by atoms with Gasteiger partial charge in [-0.2, -0.15) is 9.34 Å². The first-order valence-electron chi connectivity index (χ1n) is 7.89. The molecule has 116 valence electrons. The lowest BCUT2D eigenvalue weighted by molar-refractivity contribution is -0.185. The number of thioether (sulfide) groups is 1. The second-order valence-electron chi connectivity index (χ2n) is 6.01. The van der Waals surface area contributed by atoms with Crippen LogP contribution in [0.2, 0.25) is 0 Å². The second-order valence-corrected chi connectivity index (χ2v) is 10.1. The molecular weight excluding hydrogens is 299 g/mol. The molecule has 0 bridgehead atoms. The van der Waals surface area contributed by atoms with E-state index in [0.717, 1.165) is 11.1 Å². The number of fused-ring (bicyclic) bond motifs is 1. The van der Waals surface area contributed by atoms with Crippen LogP contribution in [-0.2, 0) is 0 Å². The van der Waals surface area contributed by atoms with Gasteiger partial charge in [0.15, 0.2) is 0 Å². The monoisotopic (exact) mass is 324 g/mol. The molecule has 0 unspecified atom stereocenters. The van der Waals surface area contributed by atoms with Crippen molar-refractivity contribution >= 4 is 24.9 Å². The van der Waals surface area contributed by atoms with E-state index in [-0.39, 0.29) is 0 Å². The molecule has 2 atom stereocenters. The number of likely N-dealkylation sites (N-methyl/N-ethyl adjacent to an activating group) is 2. The molecule has 5 heteroatoms. The maximum absolute atomic E-state index is 14.0. The summed E-state index contributed by atoms with van der Waals surface area (Å²) in [6.07, 6.45) is 4.90. The Labute approximate surface area is 133 Å². The van der Waals surface area contributed by atoms with Gasteiger partial charge in [0.05, 0.1) is 17.0 Å². The average Bonchev–Trinajstić information content (AvgIpc) is 2.71. The molecule has 1 aromatic carbocycles. The van der Waals surface area contributed by atoms with Gasteiger partial charge in [-0.05, 0) is 30.7 Å². The molecule has 21 heavy (non-hydrogen) atoms. The van der Waals surface area contributed by atoms with Gasteiger partial charge in [-0.3, -0.25) is 0 Å². The van der Waals surface area contributed by atoms with Crippen molar-refractivity contribution in [3.63, 3.8) is 0 Å². The summed E-state index contributed by atoms with van der Waals surface area (Å²) < 4.78 is 4.40. The molecular formula is C16H25N2OPS. The van der Waals surface area contributed by atoms with E-state index in [1.807, 2.05) is 6.07 Å². The fourth-order valence-electron chi connectivity index (χ4n) is 3.90. The molecule has 1 aromatic rings. The average molecular weight is 324 g/mol. The SMILES string of the molecule is CCSc1ccccc1[P+]1([O-])N(C)[C@@H]2CCCC[C@H]2N1C. The number of nitrogens with zero attached hydrogens (tertiary/aromatic N) is 2. The Morgan fingerprint density at radius 3 is 2.29 bits per heavy atom. The van der Waals surface area contributed by atoms with Crippen molar-refractivity contribution in [1.82, 2.24) is 9.34 Å². The van der Waals surface area contributed by atoms with Crippen LogP contribution < -0.4 is 10.2 Å². The quantitative estimate of drug-likeness (QED) is 0.632. The van der Waals surface area contributed by atoms with Crippen LogP contribution >= 0.6 is 19.6 Å². The molecule has 1 aliphatic heterocycles. The van der Waals surface area contributed by atoms with Crippen LogP contribution in [0.25, 0.3) is 0 Å². The zero-order valence-electron chi connectivity index (χ0n) is 13.2. The molecule has 0 amide bonds. The third-order valence-electron chi connectivity index (χ3n) is 4.99. The third kappa shape index (κ3) is 2.46. The predicted octanol–water partition coefficient (Wildman–Crippen LogP) is 2.74. The minimum Gasteiger partial charge on any atom is -0.646 e. The van der Waals surface area contributed by atoms with E-state index in [9.17, 15) is 4.89 Å². The van der Waals surface area contributed by atoms with Crippen molar-refractivity contribution in [2.45, 2.75) is 49.6 Å². The van der Waals surface area contributed by atoms with E-state index in [0.29, 0.717) is 12.1 Å². The maximum atomic E-state index is 14.0. The van der Waals surface area contributed by atoms with Gasteiger partial charge in [-0.15, -0.1) is 11.8 Å². The zero-order valence-corrected chi connectivity index (χ0v) is 14.9. The highest BCUT2D eigenvalue weighted by atomic mass is 32.2. The summed E-state index contributed by atoms with van der Waals surface area (Å²) in [6, 6.07) is 9.17. The van der Waals surface area contributed by atoms with E-state index in [1.54, 1.807) is 11.8 Å². The van der Waals surface area contributed by atoms with Crippen LogP contribution in [0.3, 0.4) is 0 Å². The molecule has 0 radical (unpaired) electrons. The van der Waals surface area contributed by atoms with E-state index in [4.69, 9.17) is 0 Å². The Bertz CT molecular complexity index is 495. The van der Waals surface area contributed by atoms with Crippen molar-refractivity contribution in [3.8, 4) is 0 Å². The Balaban J connectivity index is 2.03. The summed E-state index contributed by atoms with van der Waals surface area (Å²) in [7, 11) is 1.51. The summed E-state index contributed by atoms with van der Waals surface area (Å²) >= 11 is 1.80. The minimum atomic E-state index is -2.63. The van der Waals surface area contributed by atoms with E-state index in [2.05, 4.69) is 48.6 Å². The van der Waals surface area contributed by atoms with Crippen LogP contribution in [0.5, 0.6) is 0 Å². The lowest BCUT2D eigenvalue weighted by Gasteiger charge is -2.38. The summed E-state index contributed by atoms with van der Waals surface area (Å²) in [5.41, 5.74) is 0. The molecule has 0 N–H and O–H groups in total. The zero-order chi connectivity index (χ0) is 15.0. The first-order valence-corrected chi connectivity index (χ1v) is 10.5. The highest BCUT2D eigenvalue weighted by Gasteiger charge is 2.57. The first kappa shape index (κ1) is 15.8. The topological polar surface area (TPSA) is 29.5 Å². The van der Waals surface area contributed by atoms with Gasteiger partial charge in [-0.25, -0.2) is 0 Å². The van der Waals surface area contributed by atoms with Gasteiger partial charge in [0, 0.05) is 14.1 Å². The molecule has 1 saturated heterocycles. The van der Waals surface area contributed by atoms with Crippen LogP contribution in [0.1, 0.15) is 32.6 Å². The van der Waals surface area contributed by atoms with Gasteiger partial charge < -0.3 is 4.89 Å². The van der Waals surface area contributed by atoms with Gasteiger partial charge in [0.25, 0.3) is 0 Å². The summed E-state index contributed by atoms with van der Waals surface area (Å²) in [4.78, 5) is 15.2. The largest absolute Gasteiger partial charge is 0.646 e. The summed E-state index contributed by atoms with van der Waals surface area (Å²) in [6.45, 7) is 2.15. The number of rotatable bonds is 3. The molecule has 0 aromatic heterocycles. The normalized spacial score (nSPS) is 29.5. The fraction of sp³-hybridized carbons (Fsp3) is 0.625. The maximum Gasteiger partial charge on any atom is 0.142 e. The Hall–Kier alpha value is -0.120. The van der Waals surface area contributed by atoms with Crippen molar-refractivity contribution in [2.24, 2.45) is 0 Å². The number of benzene rings is 1. The summed E-state index contributed by atoms with van der Waals surface area (Å²) in [5, 5.41) is 1.04. The molecule has 1 aliphatic carbocycles. The Kier molecular flexibility index (Phi) is 4.63. The van der Waals surface area contributed by atoms with Crippen molar-refractivity contribution < 1.29 is 4.89 Å². The van der Waals surface area contributed by atoms with Crippen molar-refractivity contribution in [3.05, 3.63) is 24.3 Å². The highest BCUT2D eigenvalue weighted by Crippen LogP contribution is 2.64. The van der Waals surface area contributed by atoms with E-state index in [1.165, 1.54) is 30.6 Å². The Morgan fingerprint density at radius 2 is 1.71 bits per heavy atom. The van der Waals surface area contributed by atoms with Crippen LogP contribution in [0.15, 0.2) is 29.2 Å². The molecule has 1 saturated carbocycles. The Morgan fingerprint density at radius 1 is 1.14 bits per heavy atom. The predicted molar refractivity (Wildman–Crippen MR) is 91.0 cm³/mol. The third-order valence-corrected chi connectivity index (χ3v) is 9.42. The first-order chi connectivity index (χ1) is 10.1. The molecule has 2 aliphatic rings. The van der Waals surface area contributed by atoms with Gasteiger partial charge in [0.2, 0.25) is 0 Å². The van der Waals surface area contributed by atoms with Crippen LogP contribution in [0, 0.1) is 0 Å². The lowest BCUT2D eigenvalue weighted by Crippen LogP contribution is -2.39.